The molecule has 1 nitrogen and oxygen atoms in total. The van der Waals surface area contributed by atoms with Gasteiger partial charge in [-0.25, -0.2) is 13.2 Å². The van der Waals surface area contributed by atoms with E-state index in [1.54, 1.807) is 42.5 Å². The van der Waals surface area contributed by atoms with Gasteiger partial charge in [-0.15, -0.1) is 0 Å². The number of halogens is 3. The van der Waals surface area contributed by atoms with E-state index in [2.05, 4.69) is 13.8 Å². The molecule has 0 radical (unpaired) electrons. The van der Waals surface area contributed by atoms with Gasteiger partial charge < -0.3 is 4.74 Å². The first-order valence-electron chi connectivity index (χ1n) is 15.0. The van der Waals surface area contributed by atoms with Crippen molar-refractivity contribution in [2.24, 2.45) is 0 Å². The number of rotatable bonds is 13. The number of unbranched alkanes of at least 4 members (excludes halogenated alkanes) is 6. The Hall–Kier alpha value is -2.59. The molecular weight excluding hydrogens is 493 g/mol. The lowest BCUT2D eigenvalue weighted by molar-refractivity contribution is -0.00211. The minimum absolute atomic E-state index is 0.218. The lowest BCUT2D eigenvalue weighted by Crippen LogP contribution is -2.24. The van der Waals surface area contributed by atoms with Gasteiger partial charge in [0.05, 0.1) is 12.7 Å². The van der Waals surface area contributed by atoms with E-state index in [0.717, 1.165) is 50.5 Å². The molecule has 1 aliphatic heterocycles. The fourth-order valence-corrected chi connectivity index (χ4v) is 5.69. The second kappa shape index (κ2) is 14.7. The van der Waals surface area contributed by atoms with Crippen LogP contribution in [0.2, 0.25) is 0 Å². The molecule has 3 aromatic carbocycles. The van der Waals surface area contributed by atoms with Gasteiger partial charge >= 0.3 is 0 Å². The minimum atomic E-state index is -0.813. The van der Waals surface area contributed by atoms with E-state index in [-0.39, 0.29) is 17.3 Å². The maximum Gasteiger partial charge on any atom is 0.166 e. The molecule has 0 N–H and O–H groups in total. The molecule has 0 aliphatic carbocycles. The van der Waals surface area contributed by atoms with Crippen LogP contribution in [0.3, 0.4) is 0 Å². The third kappa shape index (κ3) is 7.75. The fraction of sp³-hybridized carbons (Fsp3) is 0.486. The van der Waals surface area contributed by atoms with Gasteiger partial charge in [0, 0.05) is 17.0 Å². The molecule has 0 spiro atoms. The summed E-state index contributed by atoms with van der Waals surface area (Å²) in [6, 6.07) is 15.8. The summed E-state index contributed by atoms with van der Waals surface area (Å²) in [5.41, 5.74) is 3.43. The van der Waals surface area contributed by atoms with Gasteiger partial charge in [-0.2, -0.15) is 0 Å². The van der Waals surface area contributed by atoms with Gasteiger partial charge in [0.15, 0.2) is 11.6 Å². The van der Waals surface area contributed by atoms with Crippen LogP contribution < -0.4 is 0 Å². The van der Waals surface area contributed by atoms with E-state index in [1.807, 2.05) is 12.1 Å². The van der Waals surface area contributed by atoms with E-state index >= 15 is 4.39 Å². The van der Waals surface area contributed by atoms with Gasteiger partial charge in [-0.05, 0) is 60.4 Å². The molecule has 2 atom stereocenters. The predicted octanol–water partition coefficient (Wildman–Crippen LogP) is 10.8. The lowest BCUT2D eigenvalue weighted by Gasteiger charge is -2.29. The number of benzene rings is 3. The molecule has 0 aromatic heterocycles. The van der Waals surface area contributed by atoms with Crippen molar-refractivity contribution in [1.29, 1.82) is 0 Å². The van der Waals surface area contributed by atoms with Crippen molar-refractivity contribution < 1.29 is 17.9 Å². The maximum absolute atomic E-state index is 15.2. The van der Waals surface area contributed by atoms with Gasteiger partial charge in [0.2, 0.25) is 0 Å². The van der Waals surface area contributed by atoms with Gasteiger partial charge in [-0.3, -0.25) is 0 Å². The molecule has 0 amide bonds. The average molecular weight is 537 g/mol. The number of hydrogen-bond acceptors (Lipinski definition) is 1. The highest BCUT2D eigenvalue weighted by Gasteiger charge is 2.23. The van der Waals surface area contributed by atoms with Crippen molar-refractivity contribution in [1.82, 2.24) is 0 Å². The Labute approximate surface area is 232 Å². The van der Waals surface area contributed by atoms with Crippen molar-refractivity contribution in [3.63, 3.8) is 0 Å². The first kappa shape index (κ1) is 29.4. The first-order valence-corrected chi connectivity index (χ1v) is 15.0. The number of ether oxygens (including phenoxy) is 1. The third-order valence-electron chi connectivity index (χ3n) is 8.18. The van der Waals surface area contributed by atoms with Crippen LogP contribution in [0.4, 0.5) is 13.2 Å². The molecule has 1 fully saturated rings. The summed E-state index contributed by atoms with van der Waals surface area (Å²) in [6.45, 7) is 5.01. The zero-order chi connectivity index (χ0) is 27.6. The molecule has 3 aromatic rings. The predicted molar refractivity (Wildman–Crippen MR) is 156 cm³/mol. The number of hydrogen-bond donors (Lipinski definition) is 0. The number of aryl methyl sites for hydroxylation is 1. The summed E-state index contributed by atoms with van der Waals surface area (Å²) >= 11 is 0. The largest absolute Gasteiger partial charge is 0.378 e. The van der Waals surface area contributed by atoms with Crippen LogP contribution in [-0.2, 0) is 11.2 Å². The van der Waals surface area contributed by atoms with E-state index in [9.17, 15) is 8.78 Å². The van der Waals surface area contributed by atoms with Crippen molar-refractivity contribution in [3.05, 3.63) is 83.2 Å². The smallest absolute Gasteiger partial charge is 0.166 e. The standard InChI is InChI=1S/C35H43F3O/c1-3-5-7-8-10-11-27-18-22-32(35(38)34(27)37)26-15-13-25(14-16-26)31-21-19-28(23-33(31)36)29-17-20-30(39-24-29)12-9-6-4-2/h13-16,18-19,21-23,29-30H,3-12,17,20,24H2,1-2H3. The van der Waals surface area contributed by atoms with Crippen molar-refractivity contribution in [2.75, 3.05) is 6.61 Å². The third-order valence-corrected chi connectivity index (χ3v) is 8.18. The van der Waals surface area contributed by atoms with Crippen LogP contribution in [0.15, 0.2) is 54.6 Å². The van der Waals surface area contributed by atoms with Crippen LogP contribution in [0, 0.1) is 17.5 Å². The summed E-state index contributed by atoms with van der Waals surface area (Å²) in [4.78, 5) is 0. The molecule has 1 heterocycles. The van der Waals surface area contributed by atoms with Crippen LogP contribution in [0.25, 0.3) is 22.3 Å². The summed E-state index contributed by atoms with van der Waals surface area (Å²) in [5, 5.41) is 0. The maximum atomic E-state index is 15.2. The quantitative estimate of drug-likeness (QED) is 0.197. The zero-order valence-electron chi connectivity index (χ0n) is 23.6. The molecule has 39 heavy (non-hydrogen) atoms. The molecule has 4 rings (SSSR count). The Morgan fingerprint density at radius 1 is 0.692 bits per heavy atom. The Bertz CT molecular complexity index is 1180. The van der Waals surface area contributed by atoms with Gasteiger partial charge in [-0.1, -0.05) is 107 Å². The lowest BCUT2D eigenvalue weighted by atomic mass is 9.89. The molecule has 0 bridgehead atoms. The molecule has 210 valence electrons. The SMILES string of the molecule is CCCCCCCc1ccc(-c2ccc(-c3ccc(C4CCC(CCCCC)OC4)cc3F)cc2)c(F)c1F. The molecule has 0 saturated carbocycles. The molecule has 1 aliphatic rings. The highest BCUT2D eigenvalue weighted by molar-refractivity contribution is 5.71. The van der Waals surface area contributed by atoms with Crippen LogP contribution in [0.5, 0.6) is 0 Å². The van der Waals surface area contributed by atoms with E-state index in [4.69, 9.17) is 4.74 Å². The monoisotopic (exact) mass is 536 g/mol. The Morgan fingerprint density at radius 3 is 2.03 bits per heavy atom. The second-order valence-electron chi connectivity index (χ2n) is 11.1. The van der Waals surface area contributed by atoms with Crippen LogP contribution in [0.1, 0.15) is 102 Å². The Morgan fingerprint density at radius 2 is 1.36 bits per heavy atom. The first-order chi connectivity index (χ1) is 19.0. The summed E-state index contributed by atoms with van der Waals surface area (Å²) in [7, 11) is 0. The molecule has 1 saturated heterocycles. The van der Waals surface area contributed by atoms with E-state index in [0.29, 0.717) is 41.4 Å². The Balaban J connectivity index is 1.39. The molecular formula is C35H43F3O. The molecule has 4 heteroatoms. The summed E-state index contributed by atoms with van der Waals surface area (Å²) in [6.07, 6.45) is 13.1. The normalized spacial score (nSPS) is 17.5. The minimum Gasteiger partial charge on any atom is -0.378 e. The Kier molecular flexibility index (Phi) is 11.1. The highest BCUT2D eigenvalue weighted by atomic mass is 19.2. The van der Waals surface area contributed by atoms with Gasteiger partial charge in [0.25, 0.3) is 0 Å². The average Bonchev–Trinajstić information content (AvgIpc) is 2.96. The summed E-state index contributed by atoms with van der Waals surface area (Å²) in [5.74, 6) is -1.62. The zero-order valence-corrected chi connectivity index (χ0v) is 23.6. The van der Waals surface area contributed by atoms with E-state index in [1.165, 1.54) is 25.7 Å². The molecule has 2 unspecified atom stereocenters. The topological polar surface area (TPSA) is 9.23 Å². The van der Waals surface area contributed by atoms with Crippen LogP contribution in [-0.4, -0.2) is 12.7 Å². The van der Waals surface area contributed by atoms with Crippen molar-refractivity contribution in [2.45, 2.75) is 103 Å². The van der Waals surface area contributed by atoms with E-state index < -0.39 is 11.6 Å². The van der Waals surface area contributed by atoms with Crippen molar-refractivity contribution in [3.8, 4) is 22.3 Å². The highest BCUT2D eigenvalue weighted by Crippen LogP contribution is 2.34. The van der Waals surface area contributed by atoms with Crippen LogP contribution >= 0.6 is 0 Å². The summed E-state index contributed by atoms with van der Waals surface area (Å²) < 4.78 is 51.0. The van der Waals surface area contributed by atoms with Gasteiger partial charge in [0.1, 0.15) is 5.82 Å². The fourth-order valence-electron chi connectivity index (χ4n) is 5.69. The second-order valence-corrected chi connectivity index (χ2v) is 11.1. The van der Waals surface area contributed by atoms with Crippen molar-refractivity contribution >= 4 is 0 Å².